The quantitative estimate of drug-likeness (QED) is 0.774. The summed E-state index contributed by atoms with van der Waals surface area (Å²) in [6.45, 7) is 11.3. The van der Waals surface area contributed by atoms with E-state index < -0.39 is 0 Å². The molecule has 2 saturated heterocycles. The van der Waals surface area contributed by atoms with Gasteiger partial charge in [0, 0.05) is 31.3 Å². The van der Waals surface area contributed by atoms with Gasteiger partial charge in [-0.25, -0.2) is 0 Å². The molecule has 94 valence electrons. The molecule has 0 bridgehead atoms. The molecule has 2 unspecified atom stereocenters. The van der Waals surface area contributed by atoms with Crippen molar-refractivity contribution in [3.05, 3.63) is 0 Å². The predicted molar refractivity (Wildman–Crippen MR) is 66.7 cm³/mol. The largest absolute Gasteiger partial charge is 0.377 e. The summed E-state index contributed by atoms with van der Waals surface area (Å²) in [5.74, 6) is 0. The first-order chi connectivity index (χ1) is 7.59. The zero-order chi connectivity index (χ0) is 11.6. The molecule has 2 aliphatic heterocycles. The van der Waals surface area contributed by atoms with Crippen LogP contribution >= 0.6 is 0 Å². The Labute approximate surface area is 99.5 Å². The second kappa shape index (κ2) is 5.03. The first kappa shape index (κ1) is 12.3. The van der Waals surface area contributed by atoms with Gasteiger partial charge in [-0.1, -0.05) is 0 Å². The first-order valence-corrected chi connectivity index (χ1v) is 6.69. The van der Waals surface area contributed by atoms with Crippen molar-refractivity contribution in [3.63, 3.8) is 0 Å². The topological polar surface area (TPSA) is 24.5 Å². The molecule has 0 radical (unpaired) electrons. The smallest absolute Gasteiger partial charge is 0.0703 e. The molecule has 2 rings (SSSR count). The van der Waals surface area contributed by atoms with E-state index >= 15 is 0 Å². The van der Waals surface area contributed by atoms with Crippen LogP contribution in [-0.2, 0) is 4.74 Å². The molecule has 3 nitrogen and oxygen atoms in total. The lowest BCUT2D eigenvalue weighted by Crippen LogP contribution is -2.54. The summed E-state index contributed by atoms with van der Waals surface area (Å²) in [5, 5.41) is 3.54. The van der Waals surface area contributed by atoms with E-state index in [1.165, 1.54) is 19.3 Å². The Hall–Kier alpha value is -0.120. The fraction of sp³-hybridized carbons (Fsp3) is 1.00. The summed E-state index contributed by atoms with van der Waals surface area (Å²) in [4.78, 5) is 2.64. The third kappa shape index (κ3) is 2.76. The Morgan fingerprint density at radius 3 is 2.88 bits per heavy atom. The number of hydrogen-bond donors (Lipinski definition) is 1. The second-order valence-corrected chi connectivity index (χ2v) is 5.91. The lowest BCUT2D eigenvalue weighted by molar-refractivity contribution is 0.0155. The van der Waals surface area contributed by atoms with Crippen LogP contribution in [0.2, 0.25) is 0 Å². The Balaban J connectivity index is 2.00. The molecule has 2 heterocycles. The van der Waals surface area contributed by atoms with E-state index in [9.17, 15) is 0 Å². The molecule has 16 heavy (non-hydrogen) atoms. The Morgan fingerprint density at radius 2 is 2.19 bits per heavy atom. The van der Waals surface area contributed by atoms with Crippen molar-refractivity contribution >= 4 is 0 Å². The van der Waals surface area contributed by atoms with Crippen LogP contribution in [0.4, 0.5) is 0 Å². The van der Waals surface area contributed by atoms with E-state index in [0.29, 0.717) is 12.1 Å². The van der Waals surface area contributed by atoms with Crippen molar-refractivity contribution in [1.29, 1.82) is 0 Å². The maximum atomic E-state index is 5.78. The molecular weight excluding hydrogens is 200 g/mol. The van der Waals surface area contributed by atoms with Crippen LogP contribution in [0.25, 0.3) is 0 Å². The van der Waals surface area contributed by atoms with Crippen LogP contribution in [0.3, 0.4) is 0 Å². The molecule has 0 saturated carbocycles. The van der Waals surface area contributed by atoms with Crippen molar-refractivity contribution in [2.75, 3.05) is 26.2 Å². The summed E-state index contributed by atoms with van der Waals surface area (Å²) in [6, 6.07) is 0.661. The molecule has 2 aliphatic rings. The summed E-state index contributed by atoms with van der Waals surface area (Å²) in [7, 11) is 0. The SMILES string of the molecule is CC1CCNCC(C)(C)N1CC1CCCO1. The molecule has 0 aliphatic carbocycles. The summed E-state index contributed by atoms with van der Waals surface area (Å²) in [6.07, 6.45) is 4.20. The Bertz CT molecular complexity index is 224. The van der Waals surface area contributed by atoms with Crippen molar-refractivity contribution in [1.82, 2.24) is 10.2 Å². The molecule has 3 heteroatoms. The predicted octanol–water partition coefficient (Wildman–Crippen LogP) is 1.63. The van der Waals surface area contributed by atoms with E-state index in [-0.39, 0.29) is 5.54 Å². The number of rotatable bonds is 2. The maximum Gasteiger partial charge on any atom is 0.0703 e. The number of hydrogen-bond acceptors (Lipinski definition) is 3. The van der Waals surface area contributed by atoms with Crippen LogP contribution in [0.5, 0.6) is 0 Å². The summed E-state index contributed by atoms with van der Waals surface area (Å²) >= 11 is 0. The van der Waals surface area contributed by atoms with E-state index in [4.69, 9.17) is 4.74 Å². The van der Waals surface area contributed by atoms with Crippen molar-refractivity contribution in [2.45, 2.75) is 57.7 Å². The summed E-state index contributed by atoms with van der Waals surface area (Å²) in [5.41, 5.74) is 0.252. The Kier molecular flexibility index (Phi) is 3.88. The third-order valence-corrected chi connectivity index (χ3v) is 4.03. The summed E-state index contributed by atoms with van der Waals surface area (Å²) < 4.78 is 5.78. The molecule has 0 aromatic heterocycles. The maximum absolute atomic E-state index is 5.78. The van der Waals surface area contributed by atoms with Crippen LogP contribution in [0, 0.1) is 0 Å². The highest BCUT2D eigenvalue weighted by Gasteiger charge is 2.34. The van der Waals surface area contributed by atoms with E-state index in [1.807, 2.05) is 0 Å². The van der Waals surface area contributed by atoms with Gasteiger partial charge in [-0.05, 0) is 46.6 Å². The fourth-order valence-corrected chi connectivity index (χ4v) is 2.99. The monoisotopic (exact) mass is 226 g/mol. The molecule has 2 atom stereocenters. The van der Waals surface area contributed by atoms with E-state index in [1.54, 1.807) is 0 Å². The van der Waals surface area contributed by atoms with Crippen molar-refractivity contribution in [2.24, 2.45) is 0 Å². The zero-order valence-electron chi connectivity index (χ0n) is 11.0. The van der Waals surface area contributed by atoms with Gasteiger partial charge in [0.05, 0.1) is 6.10 Å². The van der Waals surface area contributed by atoms with E-state index in [0.717, 1.165) is 26.2 Å². The highest BCUT2D eigenvalue weighted by atomic mass is 16.5. The highest BCUT2D eigenvalue weighted by molar-refractivity contribution is 4.91. The van der Waals surface area contributed by atoms with Crippen LogP contribution in [0.15, 0.2) is 0 Å². The third-order valence-electron chi connectivity index (χ3n) is 4.03. The van der Waals surface area contributed by atoms with Crippen LogP contribution in [-0.4, -0.2) is 48.8 Å². The van der Waals surface area contributed by atoms with Gasteiger partial charge in [-0.3, -0.25) is 4.90 Å². The minimum atomic E-state index is 0.252. The number of ether oxygens (including phenoxy) is 1. The second-order valence-electron chi connectivity index (χ2n) is 5.91. The fourth-order valence-electron chi connectivity index (χ4n) is 2.99. The molecule has 0 aromatic carbocycles. The molecule has 0 spiro atoms. The Morgan fingerprint density at radius 1 is 1.38 bits per heavy atom. The van der Waals surface area contributed by atoms with Gasteiger partial charge in [0.2, 0.25) is 0 Å². The van der Waals surface area contributed by atoms with Crippen molar-refractivity contribution < 1.29 is 4.74 Å². The molecule has 0 aromatic rings. The van der Waals surface area contributed by atoms with Crippen LogP contribution < -0.4 is 5.32 Å². The average molecular weight is 226 g/mol. The van der Waals surface area contributed by atoms with Gasteiger partial charge in [0.1, 0.15) is 0 Å². The lowest BCUT2D eigenvalue weighted by atomic mass is 9.99. The van der Waals surface area contributed by atoms with Gasteiger partial charge in [0.25, 0.3) is 0 Å². The lowest BCUT2D eigenvalue weighted by Gasteiger charge is -2.41. The minimum Gasteiger partial charge on any atom is -0.377 e. The highest BCUT2D eigenvalue weighted by Crippen LogP contribution is 2.24. The van der Waals surface area contributed by atoms with Gasteiger partial charge in [-0.15, -0.1) is 0 Å². The van der Waals surface area contributed by atoms with E-state index in [2.05, 4.69) is 31.0 Å². The van der Waals surface area contributed by atoms with Gasteiger partial charge in [-0.2, -0.15) is 0 Å². The normalized spacial score (nSPS) is 36.2. The van der Waals surface area contributed by atoms with Gasteiger partial charge < -0.3 is 10.1 Å². The van der Waals surface area contributed by atoms with Crippen LogP contribution in [0.1, 0.15) is 40.0 Å². The number of nitrogens with zero attached hydrogens (tertiary/aromatic N) is 1. The van der Waals surface area contributed by atoms with Gasteiger partial charge in [0.15, 0.2) is 0 Å². The molecule has 0 amide bonds. The number of nitrogens with one attached hydrogen (secondary N) is 1. The molecular formula is C13H26N2O. The first-order valence-electron chi connectivity index (χ1n) is 6.69. The molecule has 1 N–H and O–H groups in total. The van der Waals surface area contributed by atoms with Gasteiger partial charge >= 0.3 is 0 Å². The zero-order valence-corrected chi connectivity index (χ0v) is 11.0. The standard InChI is InChI=1S/C13H26N2O/c1-11-6-7-14-10-13(2,3)15(11)9-12-5-4-8-16-12/h11-12,14H,4-10H2,1-3H3. The minimum absolute atomic E-state index is 0.252. The van der Waals surface area contributed by atoms with Crippen molar-refractivity contribution in [3.8, 4) is 0 Å². The molecule has 2 fully saturated rings. The average Bonchev–Trinajstić information content (AvgIpc) is 2.69.